The van der Waals surface area contributed by atoms with Gasteiger partial charge in [-0.05, 0) is 0 Å². The van der Waals surface area contributed by atoms with Crippen LogP contribution >= 0.6 is 0 Å². The van der Waals surface area contributed by atoms with E-state index in [4.69, 9.17) is 5.26 Å². The lowest BCUT2D eigenvalue weighted by Crippen LogP contribution is -2.32. The summed E-state index contributed by atoms with van der Waals surface area (Å²) >= 11 is 0. The van der Waals surface area contributed by atoms with Gasteiger partial charge < -0.3 is 0 Å². The van der Waals surface area contributed by atoms with Crippen molar-refractivity contribution in [3.05, 3.63) is 0 Å². The average molecular weight is 147 g/mol. The van der Waals surface area contributed by atoms with Crippen molar-refractivity contribution in [2.75, 3.05) is 0 Å². The fourth-order valence-electron chi connectivity index (χ4n) is 0.0913. The van der Waals surface area contributed by atoms with Crippen LogP contribution in [0.3, 0.4) is 0 Å². The van der Waals surface area contributed by atoms with E-state index in [0.717, 1.165) is 0 Å². The SMILES string of the molecule is C[Si](C)[Si]([Si])OO. The molecule has 0 spiro atoms. The van der Waals surface area contributed by atoms with E-state index >= 15 is 0 Å². The average Bonchev–Trinajstić information content (AvgIpc) is 1.65. The van der Waals surface area contributed by atoms with E-state index in [1.807, 2.05) is 0 Å². The van der Waals surface area contributed by atoms with Crippen molar-refractivity contribution >= 4 is 26.1 Å². The molecule has 0 aliphatic heterocycles. The van der Waals surface area contributed by atoms with E-state index in [-0.39, 0.29) is 0 Å². The molecule has 39 valence electrons. The molecule has 0 atom stereocenters. The fourth-order valence-corrected chi connectivity index (χ4v) is 0.822. The van der Waals surface area contributed by atoms with Gasteiger partial charge in [-0.3, -0.25) is 9.83 Å². The lowest BCUT2D eigenvalue weighted by molar-refractivity contribution is -0.137. The molecule has 1 N–H and O–H groups in total. The molecule has 0 fully saturated rings. The van der Waals surface area contributed by atoms with Crippen LogP contribution in [-0.2, 0) is 4.58 Å². The van der Waals surface area contributed by atoms with Crippen molar-refractivity contribution in [1.29, 1.82) is 0 Å². The summed E-state index contributed by atoms with van der Waals surface area (Å²) in [4.78, 5) is 0. The van der Waals surface area contributed by atoms with Crippen LogP contribution in [0.15, 0.2) is 0 Å². The molecule has 0 aromatic carbocycles. The summed E-state index contributed by atoms with van der Waals surface area (Å²) in [7, 11) is 1.86. The summed E-state index contributed by atoms with van der Waals surface area (Å²) in [6.07, 6.45) is 0. The van der Waals surface area contributed by atoms with E-state index in [0.29, 0.717) is 0 Å². The summed E-state index contributed by atoms with van der Waals surface area (Å²) in [6, 6.07) is 0. The second-order valence-corrected chi connectivity index (χ2v) is 11.5. The highest BCUT2D eigenvalue weighted by atomic mass is 29.6. The van der Waals surface area contributed by atoms with E-state index in [1.54, 1.807) is 0 Å². The Morgan fingerprint density at radius 1 is 1.57 bits per heavy atom. The van der Waals surface area contributed by atoms with Gasteiger partial charge in [-0.25, -0.2) is 0 Å². The van der Waals surface area contributed by atoms with Crippen LogP contribution in [0.5, 0.6) is 0 Å². The third kappa shape index (κ3) is 3.18. The second-order valence-electron chi connectivity index (χ2n) is 1.42. The predicted octanol–water partition coefficient (Wildman–Crippen LogP) is -0.0345. The van der Waals surface area contributed by atoms with Crippen LogP contribution in [0.1, 0.15) is 0 Å². The smallest absolute Gasteiger partial charge is 0.218 e. The number of rotatable bonds is 2. The zero-order valence-corrected chi connectivity index (χ0v) is 7.36. The quantitative estimate of drug-likeness (QED) is 0.337. The maximum absolute atomic E-state index is 8.03. The molecule has 0 saturated carbocycles. The standard InChI is InChI=1S/C2H7O2Si3/c1-6(2)7(5)4-3/h3H,1-2H3. The Kier molecular flexibility index (Phi) is 3.85. The molecule has 0 aromatic rings. The summed E-state index contributed by atoms with van der Waals surface area (Å²) in [6.45, 7) is 4.17. The monoisotopic (exact) mass is 147 g/mol. The van der Waals surface area contributed by atoms with Crippen LogP contribution in [0.2, 0.25) is 13.1 Å². The molecule has 0 aliphatic carbocycles. The summed E-state index contributed by atoms with van der Waals surface area (Å²) < 4.78 is 4.07. The van der Waals surface area contributed by atoms with Crippen LogP contribution in [0.25, 0.3) is 0 Å². The van der Waals surface area contributed by atoms with E-state index in [2.05, 4.69) is 27.4 Å². The Balaban J connectivity index is 3.14. The predicted molar refractivity (Wildman–Crippen MR) is 32.7 cm³/mol. The zero-order chi connectivity index (χ0) is 5.86. The summed E-state index contributed by atoms with van der Waals surface area (Å²) in [5, 5.41) is 8.03. The first-order valence-electron chi connectivity index (χ1n) is 1.89. The lowest BCUT2D eigenvalue weighted by Gasteiger charge is -2.03. The maximum atomic E-state index is 8.03. The molecule has 0 aliphatic rings. The van der Waals surface area contributed by atoms with Crippen LogP contribution in [-0.4, -0.2) is 31.4 Å². The molecule has 5 radical (unpaired) electrons. The normalized spacial score (nSPS) is 11.1. The Hall–Kier alpha value is 0.571. The van der Waals surface area contributed by atoms with Gasteiger partial charge in [-0.1, -0.05) is 13.1 Å². The fraction of sp³-hybridized carbons (Fsp3) is 1.00. The topological polar surface area (TPSA) is 29.5 Å². The van der Waals surface area contributed by atoms with Gasteiger partial charge in [0.2, 0.25) is 8.08 Å². The van der Waals surface area contributed by atoms with E-state index in [9.17, 15) is 0 Å². The highest BCUT2D eigenvalue weighted by Crippen LogP contribution is 1.83. The molecule has 0 saturated heterocycles. The molecule has 0 heterocycles. The highest BCUT2D eigenvalue weighted by Gasteiger charge is 2.11. The first-order chi connectivity index (χ1) is 3.18. The van der Waals surface area contributed by atoms with Gasteiger partial charge in [0.15, 0.2) is 0 Å². The molecule has 7 heavy (non-hydrogen) atoms. The Morgan fingerprint density at radius 3 is 2.00 bits per heavy atom. The largest absolute Gasteiger partial charge is 0.298 e. The van der Waals surface area contributed by atoms with Gasteiger partial charge in [-0.2, -0.15) is 0 Å². The van der Waals surface area contributed by atoms with Gasteiger partial charge in [0.25, 0.3) is 0 Å². The van der Waals surface area contributed by atoms with Gasteiger partial charge >= 0.3 is 0 Å². The van der Waals surface area contributed by atoms with Crippen LogP contribution < -0.4 is 0 Å². The first kappa shape index (κ1) is 7.57. The second kappa shape index (κ2) is 3.56. The molecular weight excluding hydrogens is 140 g/mol. The molecule has 0 amide bonds. The summed E-state index contributed by atoms with van der Waals surface area (Å²) in [5.41, 5.74) is 0. The Morgan fingerprint density at radius 2 is 2.00 bits per heavy atom. The first-order valence-corrected chi connectivity index (χ1v) is 8.29. The van der Waals surface area contributed by atoms with Crippen molar-refractivity contribution in [3.8, 4) is 0 Å². The van der Waals surface area contributed by atoms with Crippen molar-refractivity contribution in [1.82, 2.24) is 0 Å². The minimum Gasteiger partial charge on any atom is -0.298 e. The van der Waals surface area contributed by atoms with Gasteiger partial charge in [-0.15, -0.1) is 0 Å². The third-order valence-electron chi connectivity index (χ3n) is 0.545. The molecule has 0 rings (SSSR count). The van der Waals surface area contributed by atoms with Crippen molar-refractivity contribution < 1.29 is 9.83 Å². The molecular formula is C2H7O2Si3. The van der Waals surface area contributed by atoms with Gasteiger partial charge in [0, 0.05) is 9.76 Å². The third-order valence-corrected chi connectivity index (χ3v) is 9.41. The van der Waals surface area contributed by atoms with Crippen molar-refractivity contribution in [2.24, 2.45) is 0 Å². The molecule has 0 bridgehead atoms. The van der Waals surface area contributed by atoms with Gasteiger partial charge in [0.1, 0.15) is 0 Å². The van der Waals surface area contributed by atoms with E-state index in [1.165, 1.54) is 0 Å². The molecule has 5 heteroatoms. The zero-order valence-electron chi connectivity index (χ0n) is 4.36. The molecule has 2 nitrogen and oxygen atoms in total. The molecule has 0 unspecified atom stereocenters. The Labute approximate surface area is 49.8 Å². The minimum atomic E-state index is -0.983. The number of hydrogen-bond acceptors (Lipinski definition) is 2. The highest BCUT2D eigenvalue weighted by molar-refractivity contribution is 7.37. The maximum Gasteiger partial charge on any atom is 0.218 e. The Bertz CT molecular complexity index is 48.2. The summed E-state index contributed by atoms with van der Waals surface area (Å²) in [5.74, 6) is 0. The van der Waals surface area contributed by atoms with Crippen molar-refractivity contribution in [2.45, 2.75) is 13.1 Å². The minimum absolute atomic E-state index is 0.420. The van der Waals surface area contributed by atoms with Crippen molar-refractivity contribution in [3.63, 3.8) is 0 Å². The van der Waals surface area contributed by atoms with E-state index < -0.39 is 16.4 Å². The molecule has 0 aromatic heterocycles. The van der Waals surface area contributed by atoms with Crippen LogP contribution in [0.4, 0.5) is 0 Å². The number of hydrogen-bond donors (Lipinski definition) is 1. The van der Waals surface area contributed by atoms with Crippen LogP contribution in [0, 0.1) is 0 Å². The van der Waals surface area contributed by atoms with Gasteiger partial charge in [0.05, 0.1) is 8.31 Å². The lowest BCUT2D eigenvalue weighted by atomic mass is 11.9.